The van der Waals surface area contributed by atoms with Crippen molar-refractivity contribution in [2.24, 2.45) is 0 Å². The maximum atomic E-state index is 13.4. The first-order valence-electron chi connectivity index (χ1n) is 10.2. The van der Waals surface area contributed by atoms with E-state index in [0.717, 1.165) is 27.1 Å². The van der Waals surface area contributed by atoms with Crippen LogP contribution in [-0.4, -0.2) is 15.9 Å². The molecule has 0 radical (unpaired) electrons. The minimum absolute atomic E-state index is 0.247. The first-order valence-corrected chi connectivity index (χ1v) is 11.8. The van der Waals surface area contributed by atoms with E-state index in [4.69, 9.17) is 28.2 Å². The molecule has 0 saturated heterocycles. The molecule has 0 bridgehead atoms. The maximum Gasteiger partial charge on any atom is 0.258 e. The first-order chi connectivity index (χ1) is 16.0. The van der Waals surface area contributed by atoms with Gasteiger partial charge in [-0.05, 0) is 31.2 Å². The van der Waals surface area contributed by atoms with Crippen LogP contribution in [-0.2, 0) is 0 Å². The van der Waals surface area contributed by atoms with Crippen molar-refractivity contribution in [3.63, 3.8) is 0 Å². The Morgan fingerprint density at radius 3 is 2.39 bits per heavy atom. The highest BCUT2D eigenvalue weighted by atomic mass is 35.5. The van der Waals surface area contributed by atoms with E-state index in [0.29, 0.717) is 32.0 Å². The van der Waals surface area contributed by atoms with E-state index >= 15 is 0 Å². The number of thiazole rings is 1. The van der Waals surface area contributed by atoms with Crippen LogP contribution in [0.3, 0.4) is 0 Å². The van der Waals surface area contributed by atoms with Crippen LogP contribution in [0.25, 0.3) is 33.4 Å². The Labute approximate surface area is 204 Å². The van der Waals surface area contributed by atoms with E-state index in [1.807, 2.05) is 67.6 Å². The summed E-state index contributed by atoms with van der Waals surface area (Å²) in [5.41, 5.74) is 4.52. The van der Waals surface area contributed by atoms with Gasteiger partial charge in [-0.2, -0.15) is 0 Å². The number of pyridine rings is 1. The lowest BCUT2D eigenvalue weighted by molar-refractivity contribution is 0.102. The van der Waals surface area contributed by atoms with Gasteiger partial charge in [-0.15, -0.1) is 11.3 Å². The molecule has 1 amide bonds. The van der Waals surface area contributed by atoms with Crippen molar-refractivity contribution in [3.8, 4) is 22.5 Å². The number of amides is 1. The van der Waals surface area contributed by atoms with Crippen LogP contribution in [0, 0.1) is 6.92 Å². The first kappa shape index (κ1) is 21.6. The molecule has 0 fully saturated rings. The fourth-order valence-electron chi connectivity index (χ4n) is 3.64. The van der Waals surface area contributed by atoms with Crippen molar-refractivity contribution in [1.82, 2.24) is 9.97 Å². The number of nitrogens with zero attached hydrogens (tertiary/aromatic N) is 2. The second-order valence-corrected chi connectivity index (χ2v) is 9.46. The van der Waals surface area contributed by atoms with Crippen LogP contribution >= 0.6 is 34.5 Å². The zero-order valence-electron chi connectivity index (χ0n) is 17.5. The van der Waals surface area contributed by atoms with Crippen molar-refractivity contribution >= 4 is 56.5 Å². The average Bonchev–Trinajstić information content (AvgIpc) is 3.20. The smallest absolute Gasteiger partial charge is 0.258 e. The van der Waals surface area contributed by atoms with Gasteiger partial charge >= 0.3 is 0 Å². The molecule has 0 aliphatic heterocycles. The number of aryl methyl sites for hydroxylation is 1. The minimum Gasteiger partial charge on any atom is -0.298 e. The highest BCUT2D eigenvalue weighted by Gasteiger charge is 2.17. The summed E-state index contributed by atoms with van der Waals surface area (Å²) in [4.78, 5) is 23.8. The zero-order valence-corrected chi connectivity index (χ0v) is 19.8. The molecule has 7 heteroatoms. The fourth-order valence-corrected chi connectivity index (χ4v) is 4.77. The molecule has 0 spiro atoms. The number of aromatic nitrogens is 2. The molecule has 0 aliphatic rings. The summed E-state index contributed by atoms with van der Waals surface area (Å²) < 4.78 is 0. The predicted molar refractivity (Wildman–Crippen MR) is 137 cm³/mol. The number of hydrogen-bond donors (Lipinski definition) is 1. The maximum absolute atomic E-state index is 13.4. The van der Waals surface area contributed by atoms with Gasteiger partial charge in [0.15, 0.2) is 5.13 Å². The number of para-hydroxylation sites is 1. The third kappa shape index (κ3) is 4.35. The number of rotatable bonds is 4. The lowest BCUT2D eigenvalue weighted by Crippen LogP contribution is -2.13. The number of carbonyl (C=O) groups is 1. The van der Waals surface area contributed by atoms with E-state index in [1.54, 1.807) is 18.2 Å². The van der Waals surface area contributed by atoms with Gasteiger partial charge in [0.05, 0.1) is 32.5 Å². The second-order valence-electron chi connectivity index (χ2n) is 7.45. The Bertz CT molecular complexity index is 1500. The third-order valence-corrected chi connectivity index (χ3v) is 6.87. The topological polar surface area (TPSA) is 54.9 Å². The van der Waals surface area contributed by atoms with E-state index in [-0.39, 0.29) is 5.91 Å². The Kier molecular flexibility index (Phi) is 5.85. The van der Waals surface area contributed by atoms with Crippen molar-refractivity contribution in [1.29, 1.82) is 0 Å². The summed E-state index contributed by atoms with van der Waals surface area (Å²) in [5, 5.41) is 5.18. The van der Waals surface area contributed by atoms with Crippen LogP contribution in [0.4, 0.5) is 5.13 Å². The normalized spacial score (nSPS) is 11.0. The molecule has 5 rings (SSSR count). The molecule has 1 N–H and O–H groups in total. The predicted octanol–water partition coefficient (Wildman–Crippen LogP) is 7.89. The van der Waals surface area contributed by atoms with Crippen LogP contribution in [0.2, 0.25) is 10.0 Å². The summed E-state index contributed by atoms with van der Waals surface area (Å²) in [6.07, 6.45) is 0. The van der Waals surface area contributed by atoms with Crippen LogP contribution in [0.1, 0.15) is 15.2 Å². The zero-order chi connectivity index (χ0) is 22.9. The Morgan fingerprint density at radius 2 is 1.61 bits per heavy atom. The Morgan fingerprint density at radius 1 is 0.848 bits per heavy atom. The van der Waals surface area contributed by atoms with Gasteiger partial charge in [0, 0.05) is 21.4 Å². The van der Waals surface area contributed by atoms with Crippen molar-refractivity contribution < 1.29 is 4.79 Å². The molecule has 0 saturated carbocycles. The largest absolute Gasteiger partial charge is 0.298 e. The third-order valence-electron chi connectivity index (χ3n) is 5.24. The molecule has 0 unspecified atom stereocenters. The number of benzene rings is 3. The molecule has 0 aliphatic carbocycles. The lowest BCUT2D eigenvalue weighted by atomic mass is 10.0. The number of anilines is 1. The van der Waals surface area contributed by atoms with Crippen molar-refractivity contribution in [3.05, 3.63) is 99.3 Å². The van der Waals surface area contributed by atoms with E-state index < -0.39 is 0 Å². The summed E-state index contributed by atoms with van der Waals surface area (Å²) >= 11 is 13.7. The highest BCUT2D eigenvalue weighted by Crippen LogP contribution is 2.32. The summed E-state index contributed by atoms with van der Waals surface area (Å²) in [6, 6.07) is 24.6. The van der Waals surface area contributed by atoms with Crippen molar-refractivity contribution in [2.75, 3.05) is 5.32 Å². The van der Waals surface area contributed by atoms with Crippen molar-refractivity contribution in [2.45, 2.75) is 6.92 Å². The number of hydrogen-bond acceptors (Lipinski definition) is 4. The van der Waals surface area contributed by atoms with Crippen LogP contribution < -0.4 is 5.32 Å². The van der Waals surface area contributed by atoms with Gasteiger partial charge in [-0.1, -0.05) is 77.8 Å². The van der Waals surface area contributed by atoms with E-state index in [1.165, 1.54) is 11.3 Å². The van der Waals surface area contributed by atoms with Gasteiger partial charge in [0.2, 0.25) is 0 Å². The molecule has 33 heavy (non-hydrogen) atoms. The van der Waals surface area contributed by atoms with Gasteiger partial charge in [-0.3, -0.25) is 10.1 Å². The number of nitrogens with one attached hydrogen (secondary N) is 1. The number of carbonyl (C=O) groups excluding carboxylic acids is 1. The molecule has 2 heterocycles. The molecule has 0 atom stereocenters. The minimum atomic E-state index is -0.247. The van der Waals surface area contributed by atoms with Crippen LogP contribution in [0.15, 0.2) is 78.9 Å². The standard InChI is InChI=1S/C26H17Cl2N3OS/c1-15-24(16-7-3-2-4-8-16)30-26(33-15)31-25(32)19-14-23(17-11-12-20(27)21(28)13-17)29-22-10-6-5-9-18(19)22/h2-14H,1H3,(H,30,31,32). The van der Waals surface area contributed by atoms with Gasteiger partial charge in [0.1, 0.15) is 0 Å². The molecule has 5 aromatic rings. The highest BCUT2D eigenvalue weighted by molar-refractivity contribution is 7.16. The second kappa shape index (κ2) is 8.94. The van der Waals surface area contributed by atoms with Gasteiger partial charge in [0.25, 0.3) is 5.91 Å². The molecular weight excluding hydrogens is 473 g/mol. The Balaban J connectivity index is 1.54. The average molecular weight is 490 g/mol. The van der Waals surface area contributed by atoms with Crippen LogP contribution in [0.5, 0.6) is 0 Å². The van der Waals surface area contributed by atoms with E-state index in [9.17, 15) is 4.79 Å². The summed E-state index contributed by atoms with van der Waals surface area (Å²) in [6.45, 7) is 2.00. The molecule has 4 nitrogen and oxygen atoms in total. The molecule has 162 valence electrons. The lowest BCUT2D eigenvalue weighted by Gasteiger charge is -2.10. The summed E-state index contributed by atoms with van der Waals surface area (Å²) in [5.74, 6) is -0.247. The number of halogens is 2. The quantitative estimate of drug-likeness (QED) is 0.279. The van der Waals surface area contributed by atoms with E-state index in [2.05, 4.69) is 10.3 Å². The summed E-state index contributed by atoms with van der Waals surface area (Å²) in [7, 11) is 0. The monoisotopic (exact) mass is 489 g/mol. The molecular formula is C26H17Cl2N3OS. The number of fused-ring (bicyclic) bond motifs is 1. The Hall–Kier alpha value is -3.25. The molecule has 2 aromatic heterocycles. The van der Waals surface area contributed by atoms with Gasteiger partial charge < -0.3 is 0 Å². The SMILES string of the molecule is Cc1sc(NC(=O)c2cc(-c3ccc(Cl)c(Cl)c3)nc3ccccc23)nc1-c1ccccc1. The molecule has 3 aromatic carbocycles. The van der Waals surface area contributed by atoms with Gasteiger partial charge in [-0.25, -0.2) is 9.97 Å². The fraction of sp³-hybridized carbons (Fsp3) is 0.0385.